The highest BCUT2D eigenvalue weighted by Crippen LogP contribution is 2.46. The number of hydrogen-bond donors (Lipinski definition) is 0. The molecule has 2 heteroatoms. The molecule has 4 bridgehead atoms. The maximum Gasteiger partial charge on any atom is 0.0284 e. The van der Waals surface area contributed by atoms with Crippen LogP contribution >= 0.6 is 0 Å². The number of hydrogen-bond acceptors (Lipinski definition) is 2. The van der Waals surface area contributed by atoms with Crippen LogP contribution in [0.15, 0.2) is 0 Å². The Morgan fingerprint density at radius 3 is 1.64 bits per heavy atom. The van der Waals surface area contributed by atoms with E-state index in [0.29, 0.717) is 6.04 Å². The third-order valence-electron chi connectivity index (χ3n) is 4.87. The lowest BCUT2D eigenvalue weighted by Gasteiger charge is -2.64. The van der Waals surface area contributed by atoms with Gasteiger partial charge < -0.3 is 0 Å². The van der Waals surface area contributed by atoms with E-state index < -0.39 is 0 Å². The lowest BCUT2D eigenvalue weighted by molar-refractivity contribution is -0.247. The second-order valence-electron chi connectivity index (χ2n) is 5.49. The molecule has 2 nitrogen and oxygen atoms in total. The SMILES string of the molecule is [2H][C@H]1CC2CCC1N1C3CCC(CC3)N21. The molecule has 4 aliphatic heterocycles. The summed E-state index contributed by atoms with van der Waals surface area (Å²) in [6.07, 6.45) is 9.65. The lowest BCUT2D eigenvalue weighted by atomic mass is 9.78. The van der Waals surface area contributed by atoms with Crippen LogP contribution in [0.1, 0.15) is 52.7 Å². The molecular weight excluding hydrogens is 172 g/mol. The summed E-state index contributed by atoms with van der Waals surface area (Å²) in [6.45, 7) is 0. The van der Waals surface area contributed by atoms with Gasteiger partial charge in [0, 0.05) is 25.5 Å². The van der Waals surface area contributed by atoms with Gasteiger partial charge in [-0.05, 0) is 51.3 Å². The Balaban J connectivity index is 1.72. The molecule has 0 aromatic rings. The summed E-state index contributed by atoms with van der Waals surface area (Å²) in [5.41, 5.74) is 0. The standard InChI is InChI=1S/C12H20N2/c1-2-10-4-3-9(1)13-11-5-7-12(8-6-11)14(10)13/h9-12H,1-8H2/i1D/t1-,9?,10?,11?,12?/m0/s1. The average molecular weight is 193 g/mol. The van der Waals surface area contributed by atoms with Gasteiger partial charge in [0.2, 0.25) is 0 Å². The molecule has 0 radical (unpaired) electrons. The first-order valence-electron chi connectivity index (χ1n) is 6.91. The maximum atomic E-state index is 8.19. The topological polar surface area (TPSA) is 6.48 Å². The highest BCUT2D eigenvalue weighted by molar-refractivity contribution is 5.01. The average Bonchev–Trinajstić information content (AvgIpc) is 2.31. The zero-order valence-corrected chi connectivity index (χ0v) is 8.73. The van der Waals surface area contributed by atoms with Crippen LogP contribution in [0, 0.1) is 0 Å². The van der Waals surface area contributed by atoms with Crippen molar-refractivity contribution in [1.29, 1.82) is 0 Å². The smallest absolute Gasteiger partial charge is 0.0284 e. The van der Waals surface area contributed by atoms with Crippen LogP contribution in [-0.2, 0) is 0 Å². The van der Waals surface area contributed by atoms with E-state index in [4.69, 9.17) is 1.37 Å². The van der Waals surface area contributed by atoms with Gasteiger partial charge in [0.05, 0.1) is 0 Å². The Kier molecular flexibility index (Phi) is 1.41. The van der Waals surface area contributed by atoms with Gasteiger partial charge in [0.25, 0.3) is 0 Å². The number of rotatable bonds is 0. The molecule has 0 aromatic carbocycles. The summed E-state index contributed by atoms with van der Waals surface area (Å²) < 4.78 is 8.19. The molecule has 2 saturated carbocycles. The molecule has 14 heavy (non-hydrogen) atoms. The second kappa shape index (κ2) is 2.73. The minimum absolute atomic E-state index is 0.208. The quantitative estimate of drug-likeness (QED) is 0.581. The molecule has 4 unspecified atom stereocenters. The summed E-state index contributed by atoms with van der Waals surface area (Å²) >= 11 is 0. The highest BCUT2D eigenvalue weighted by atomic mass is 15.7. The fourth-order valence-corrected chi connectivity index (χ4v) is 4.29. The van der Waals surface area contributed by atoms with Gasteiger partial charge in [-0.2, -0.15) is 0 Å². The van der Waals surface area contributed by atoms with Crippen LogP contribution in [0.2, 0.25) is 0 Å². The Morgan fingerprint density at radius 2 is 1.07 bits per heavy atom. The van der Waals surface area contributed by atoms with Gasteiger partial charge in [-0.3, -0.25) is 0 Å². The van der Waals surface area contributed by atoms with Crippen molar-refractivity contribution in [1.82, 2.24) is 10.0 Å². The van der Waals surface area contributed by atoms with Crippen molar-refractivity contribution in [2.75, 3.05) is 0 Å². The first kappa shape index (κ1) is 7.24. The first-order valence-corrected chi connectivity index (χ1v) is 6.33. The number of fused-ring (bicyclic) bond motifs is 4. The van der Waals surface area contributed by atoms with Crippen LogP contribution < -0.4 is 0 Å². The molecule has 6 rings (SSSR count). The zero-order valence-electron chi connectivity index (χ0n) is 9.73. The minimum Gasteiger partial charge on any atom is -0.235 e. The van der Waals surface area contributed by atoms with Crippen molar-refractivity contribution < 1.29 is 1.37 Å². The minimum atomic E-state index is 0.208. The molecule has 5 atom stereocenters. The second-order valence-corrected chi connectivity index (χ2v) is 5.49. The van der Waals surface area contributed by atoms with E-state index >= 15 is 0 Å². The summed E-state index contributed by atoms with van der Waals surface area (Å²) in [6, 6.07) is 2.94. The third kappa shape index (κ3) is 0.892. The van der Waals surface area contributed by atoms with Crippen molar-refractivity contribution in [3.63, 3.8) is 0 Å². The number of hydrazine groups is 1. The van der Waals surface area contributed by atoms with E-state index in [1.54, 1.807) is 0 Å². The van der Waals surface area contributed by atoms with Crippen molar-refractivity contribution in [2.45, 2.75) is 75.5 Å². The van der Waals surface area contributed by atoms with E-state index in [1.807, 2.05) is 0 Å². The van der Waals surface area contributed by atoms with Gasteiger partial charge >= 0.3 is 0 Å². The van der Waals surface area contributed by atoms with Crippen molar-refractivity contribution in [2.24, 2.45) is 0 Å². The summed E-state index contributed by atoms with van der Waals surface area (Å²) in [7, 11) is 0. The molecule has 78 valence electrons. The Hall–Kier alpha value is -0.0800. The molecule has 0 spiro atoms. The Labute approximate surface area is 87.6 Å². The highest BCUT2D eigenvalue weighted by Gasteiger charge is 2.50. The molecular formula is C12H20N2. The zero-order chi connectivity index (χ0) is 9.99. The normalized spacial score (nSPS) is 66.3. The van der Waals surface area contributed by atoms with E-state index in [2.05, 4.69) is 10.0 Å². The molecule has 6 aliphatic rings. The fraction of sp³-hybridized carbons (Fsp3) is 1.00. The third-order valence-corrected chi connectivity index (χ3v) is 4.87. The maximum absolute atomic E-state index is 8.19. The molecule has 4 heterocycles. The van der Waals surface area contributed by atoms with Crippen LogP contribution in [0.5, 0.6) is 0 Å². The predicted octanol–water partition coefficient (Wildman–Crippen LogP) is 2.16. The van der Waals surface area contributed by atoms with Crippen molar-refractivity contribution in [3.05, 3.63) is 0 Å². The molecule has 0 amide bonds. The van der Waals surface area contributed by atoms with E-state index in [-0.39, 0.29) is 6.40 Å². The fourth-order valence-electron chi connectivity index (χ4n) is 4.29. The van der Waals surface area contributed by atoms with Gasteiger partial charge in [-0.25, -0.2) is 10.0 Å². The largest absolute Gasteiger partial charge is 0.235 e. The van der Waals surface area contributed by atoms with E-state index in [0.717, 1.165) is 24.5 Å². The van der Waals surface area contributed by atoms with Crippen LogP contribution in [0.3, 0.4) is 0 Å². The summed E-state index contributed by atoms with van der Waals surface area (Å²) in [4.78, 5) is 0. The first-order chi connectivity index (χ1) is 7.34. The molecule has 0 N–H and O–H groups in total. The van der Waals surface area contributed by atoms with Crippen molar-refractivity contribution >= 4 is 0 Å². The van der Waals surface area contributed by atoms with Crippen molar-refractivity contribution in [3.8, 4) is 0 Å². The molecule has 4 saturated heterocycles. The van der Waals surface area contributed by atoms with Crippen LogP contribution in [0.25, 0.3) is 0 Å². The molecule has 6 fully saturated rings. The molecule has 2 aliphatic carbocycles. The van der Waals surface area contributed by atoms with Gasteiger partial charge in [-0.15, -0.1) is 0 Å². The summed E-state index contributed by atoms with van der Waals surface area (Å²) in [5.74, 6) is 0. The molecule has 0 aromatic heterocycles. The lowest BCUT2D eigenvalue weighted by Crippen LogP contribution is -2.71. The Bertz CT molecular complexity index is 275. The predicted molar refractivity (Wildman–Crippen MR) is 55.8 cm³/mol. The van der Waals surface area contributed by atoms with Gasteiger partial charge in [-0.1, -0.05) is 0 Å². The van der Waals surface area contributed by atoms with Gasteiger partial charge in [0.1, 0.15) is 0 Å². The van der Waals surface area contributed by atoms with E-state index in [1.165, 1.54) is 38.5 Å². The van der Waals surface area contributed by atoms with E-state index in [9.17, 15) is 0 Å². The van der Waals surface area contributed by atoms with Crippen LogP contribution in [0.4, 0.5) is 0 Å². The monoisotopic (exact) mass is 193 g/mol. The number of nitrogens with zero attached hydrogens (tertiary/aromatic N) is 2. The van der Waals surface area contributed by atoms with Gasteiger partial charge in [0.15, 0.2) is 0 Å². The van der Waals surface area contributed by atoms with Crippen LogP contribution in [-0.4, -0.2) is 34.2 Å². The Morgan fingerprint density at radius 1 is 0.643 bits per heavy atom. The summed E-state index contributed by atoms with van der Waals surface area (Å²) in [5, 5.41) is 5.38.